The Kier molecular flexibility index (Phi) is 4.30. The van der Waals surface area contributed by atoms with E-state index in [1.165, 1.54) is 11.3 Å². The second-order valence-corrected chi connectivity index (χ2v) is 6.54. The zero-order chi connectivity index (χ0) is 16.4. The van der Waals surface area contributed by atoms with Crippen LogP contribution in [-0.4, -0.2) is 17.0 Å². The van der Waals surface area contributed by atoms with Gasteiger partial charge in [0.15, 0.2) is 11.2 Å². The topological polar surface area (TPSA) is 51.2 Å². The number of ether oxygens (including phenoxy) is 1. The summed E-state index contributed by atoms with van der Waals surface area (Å²) in [7, 11) is 0. The van der Waals surface area contributed by atoms with Crippen LogP contribution in [0.1, 0.15) is 18.1 Å². The number of carbonyl (C=O) groups is 1. The molecule has 0 aliphatic heterocycles. The van der Waals surface area contributed by atoms with Crippen molar-refractivity contribution in [2.75, 3.05) is 5.32 Å². The van der Waals surface area contributed by atoms with E-state index in [9.17, 15) is 4.79 Å². The van der Waals surface area contributed by atoms with Crippen molar-refractivity contribution < 1.29 is 9.53 Å². The average molecular weight is 326 g/mol. The largest absolute Gasteiger partial charge is 0.481 e. The number of aromatic nitrogens is 1. The molecule has 1 aromatic heterocycles. The van der Waals surface area contributed by atoms with Crippen LogP contribution in [0.25, 0.3) is 10.2 Å². The first-order valence-electron chi connectivity index (χ1n) is 7.43. The van der Waals surface area contributed by atoms with E-state index in [0.717, 1.165) is 21.3 Å². The molecule has 0 bridgehead atoms. The average Bonchev–Trinajstić information content (AvgIpc) is 2.91. The third-order valence-electron chi connectivity index (χ3n) is 3.52. The van der Waals surface area contributed by atoms with Gasteiger partial charge in [-0.15, -0.1) is 0 Å². The van der Waals surface area contributed by atoms with Crippen LogP contribution in [0.2, 0.25) is 0 Å². The van der Waals surface area contributed by atoms with E-state index in [2.05, 4.69) is 10.3 Å². The number of aryl methyl sites for hydroxylation is 2. The fourth-order valence-electron chi connectivity index (χ4n) is 2.29. The number of nitrogens with one attached hydrogen (secondary N) is 1. The zero-order valence-electron chi connectivity index (χ0n) is 13.3. The number of hydrogen-bond donors (Lipinski definition) is 1. The highest BCUT2D eigenvalue weighted by Crippen LogP contribution is 2.28. The molecule has 4 nitrogen and oxygen atoms in total. The third-order valence-corrected chi connectivity index (χ3v) is 4.46. The first-order valence-corrected chi connectivity index (χ1v) is 8.25. The molecule has 0 fully saturated rings. The molecule has 3 rings (SSSR count). The first-order chi connectivity index (χ1) is 11.0. The number of para-hydroxylation sites is 1. The van der Waals surface area contributed by atoms with E-state index in [4.69, 9.17) is 4.74 Å². The van der Waals surface area contributed by atoms with Gasteiger partial charge in [-0.1, -0.05) is 35.6 Å². The van der Waals surface area contributed by atoms with E-state index in [0.29, 0.717) is 10.9 Å². The standard InChI is InChI=1S/C18H18N2O2S/c1-11-6-4-8-14(10-11)22-13(3)17(21)20-18-19-16-12(2)7-5-9-15(16)23-18/h4-10,13H,1-3H3,(H,19,20,21)/t13-/m1/s1. The second kappa shape index (κ2) is 6.38. The molecular formula is C18H18N2O2S. The zero-order valence-corrected chi connectivity index (χ0v) is 14.1. The van der Waals surface area contributed by atoms with Gasteiger partial charge in [0.1, 0.15) is 5.75 Å². The highest BCUT2D eigenvalue weighted by atomic mass is 32.1. The quantitative estimate of drug-likeness (QED) is 0.777. The van der Waals surface area contributed by atoms with Gasteiger partial charge >= 0.3 is 0 Å². The van der Waals surface area contributed by atoms with Crippen LogP contribution in [0.15, 0.2) is 42.5 Å². The Morgan fingerprint density at radius 1 is 1.22 bits per heavy atom. The van der Waals surface area contributed by atoms with Crippen LogP contribution in [0.3, 0.4) is 0 Å². The minimum absolute atomic E-state index is 0.205. The first kappa shape index (κ1) is 15.5. The number of rotatable bonds is 4. The lowest BCUT2D eigenvalue weighted by atomic mass is 10.2. The Morgan fingerprint density at radius 3 is 2.74 bits per heavy atom. The molecule has 0 saturated heterocycles. The van der Waals surface area contributed by atoms with E-state index in [1.54, 1.807) is 6.92 Å². The van der Waals surface area contributed by atoms with Gasteiger partial charge in [-0.25, -0.2) is 4.98 Å². The summed E-state index contributed by atoms with van der Waals surface area (Å²) in [5, 5.41) is 3.43. The number of nitrogens with zero attached hydrogens (tertiary/aromatic N) is 1. The molecule has 0 saturated carbocycles. The highest BCUT2D eigenvalue weighted by molar-refractivity contribution is 7.22. The van der Waals surface area contributed by atoms with Crippen molar-refractivity contribution in [2.24, 2.45) is 0 Å². The van der Waals surface area contributed by atoms with E-state index in [-0.39, 0.29) is 5.91 Å². The summed E-state index contributed by atoms with van der Waals surface area (Å²) in [6.07, 6.45) is -0.593. The number of hydrogen-bond acceptors (Lipinski definition) is 4. The van der Waals surface area contributed by atoms with Crippen LogP contribution in [-0.2, 0) is 4.79 Å². The molecule has 5 heteroatoms. The molecular weight excluding hydrogens is 308 g/mol. The molecule has 1 N–H and O–H groups in total. The summed E-state index contributed by atoms with van der Waals surface area (Å²) in [6, 6.07) is 13.7. The fraction of sp³-hybridized carbons (Fsp3) is 0.222. The van der Waals surface area contributed by atoms with Gasteiger partial charge < -0.3 is 4.74 Å². The van der Waals surface area contributed by atoms with Gasteiger partial charge in [-0.2, -0.15) is 0 Å². The van der Waals surface area contributed by atoms with Crippen LogP contribution < -0.4 is 10.1 Å². The van der Waals surface area contributed by atoms with Crippen LogP contribution in [0.5, 0.6) is 5.75 Å². The Hall–Kier alpha value is -2.40. The monoisotopic (exact) mass is 326 g/mol. The molecule has 2 aromatic carbocycles. The van der Waals surface area contributed by atoms with Crippen molar-refractivity contribution in [3.8, 4) is 5.75 Å². The molecule has 0 spiro atoms. The maximum absolute atomic E-state index is 12.3. The van der Waals surface area contributed by atoms with Crippen molar-refractivity contribution in [3.05, 3.63) is 53.6 Å². The number of carbonyl (C=O) groups excluding carboxylic acids is 1. The molecule has 1 atom stereocenters. The van der Waals surface area contributed by atoms with Gasteiger partial charge in [0.2, 0.25) is 0 Å². The van der Waals surface area contributed by atoms with Gasteiger partial charge in [0, 0.05) is 0 Å². The number of amides is 1. The number of fused-ring (bicyclic) bond motifs is 1. The summed E-state index contributed by atoms with van der Waals surface area (Å²) >= 11 is 1.47. The maximum Gasteiger partial charge on any atom is 0.266 e. The van der Waals surface area contributed by atoms with Crippen molar-refractivity contribution in [2.45, 2.75) is 26.9 Å². The van der Waals surface area contributed by atoms with Crippen molar-refractivity contribution in [1.82, 2.24) is 4.98 Å². The van der Waals surface area contributed by atoms with E-state index in [1.807, 2.05) is 56.3 Å². The van der Waals surface area contributed by atoms with E-state index >= 15 is 0 Å². The van der Waals surface area contributed by atoms with Crippen molar-refractivity contribution in [1.29, 1.82) is 0 Å². The third kappa shape index (κ3) is 3.51. The molecule has 0 unspecified atom stereocenters. The van der Waals surface area contributed by atoms with Gasteiger partial charge in [0.05, 0.1) is 10.2 Å². The number of anilines is 1. The summed E-state index contributed by atoms with van der Waals surface area (Å²) < 4.78 is 6.75. The molecule has 3 aromatic rings. The fourth-order valence-corrected chi connectivity index (χ4v) is 3.24. The Labute approximate surface area is 139 Å². The number of thiazole rings is 1. The van der Waals surface area contributed by atoms with Gasteiger partial charge in [-0.3, -0.25) is 10.1 Å². The van der Waals surface area contributed by atoms with E-state index < -0.39 is 6.10 Å². The molecule has 0 aliphatic rings. The smallest absolute Gasteiger partial charge is 0.266 e. The summed E-state index contributed by atoms with van der Waals surface area (Å²) in [5.41, 5.74) is 3.13. The van der Waals surface area contributed by atoms with Crippen LogP contribution >= 0.6 is 11.3 Å². The molecule has 23 heavy (non-hydrogen) atoms. The van der Waals surface area contributed by atoms with Crippen molar-refractivity contribution in [3.63, 3.8) is 0 Å². The van der Waals surface area contributed by atoms with Gasteiger partial charge in [0.25, 0.3) is 5.91 Å². The molecule has 0 radical (unpaired) electrons. The molecule has 118 valence electrons. The lowest BCUT2D eigenvalue weighted by Gasteiger charge is -2.13. The van der Waals surface area contributed by atoms with Crippen LogP contribution in [0.4, 0.5) is 5.13 Å². The summed E-state index contributed by atoms with van der Waals surface area (Å²) in [4.78, 5) is 16.8. The summed E-state index contributed by atoms with van der Waals surface area (Å²) in [5.74, 6) is 0.482. The lowest BCUT2D eigenvalue weighted by Crippen LogP contribution is -2.30. The maximum atomic E-state index is 12.3. The second-order valence-electron chi connectivity index (χ2n) is 5.51. The SMILES string of the molecule is Cc1cccc(O[C@H](C)C(=O)Nc2nc3c(C)cccc3s2)c1. The van der Waals surface area contributed by atoms with Crippen LogP contribution in [0, 0.1) is 13.8 Å². The molecule has 1 amide bonds. The minimum Gasteiger partial charge on any atom is -0.481 e. The Balaban J connectivity index is 1.71. The molecule has 0 aliphatic carbocycles. The number of benzene rings is 2. The Bertz CT molecular complexity index is 857. The normalized spacial score (nSPS) is 12.1. The lowest BCUT2D eigenvalue weighted by molar-refractivity contribution is -0.122. The predicted octanol–water partition coefficient (Wildman–Crippen LogP) is 4.32. The highest BCUT2D eigenvalue weighted by Gasteiger charge is 2.17. The minimum atomic E-state index is -0.593. The van der Waals surface area contributed by atoms with Crippen molar-refractivity contribution >= 4 is 32.6 Å². The summed E-state index contributed by atoms with van der Waals surface area (Å²) in [6.45, 7) is 5.73. The molecule has 1 heterocycles. The van der Waals surface area contributed by atoms with Gasteiger partial charge in [-0.05, 0) is 50.1 Å². The Morgan fingerprint density at radius 2 is 2.00 bits per heavy atom. The predicted molar refractivity (Wildman–Crippen MR) is 94.3 cm³/mol.